The molecule has 0 aromatic heterocycles. The van der Waals surface area contributed by atoms with E-state index in [4.69, 9.17) is 9.47 Å². The molecule has 1 amide bonds. The van der Waals surface area contributed by atoms with E-state index in [2.05, 4.69) is 5.32 Å². The monoisotopic (exact) mass is 496 g/mol. The van der Waals surface area contributed by atoms with Gasteiger partial charge in [0, 0.05) is 30.5 Å². The molecule has 4 aliphatic rings. The largest absolute Gasteiger partial charge is 0.486 e. The number of likely N-dealkylation sites (N-methyl/N-ethyl adjacent to an activating group) is 1. The molecule has 1 aliphatic heterocycles. The minimum atomic E-state index is -0.697. The van der Waals surface area contributed by atoms with E-state index in [9.17, 15) is 19.1 Å². The Balaban J connectivity index is 1.17. The normalized spacial score (nSPS) is 28.7. The summed E-state index contributed by atoms with van der Waals surface area (Å²) in [6, 6.07) is 12.2. The van der Waals surface area contributed by atoms with Crippen LogP contribution in [0.3, 0.4) is 0 Å². The second-order valence-corrected chi connectivity index (χ2v) is 10.7. The van der Waals surface area contributed by atoms with Gasteiger partial charge in [-0.15, -0.1) is 0 Å². The summed E-state index contributed by atoms with van der Waals surface area (Å²) in [5, 5.41) is 14.3. The number of rotatable bonds is 7. The van der Waals surface area contributed by atoms with Crippen molar-refractivity contribution >= 4 is 17.4 Å². The van der Waals surface area contributed by atoms with E-state index in [1.165, 1.54) is 6.07 Å². The van der Waals surface area contributed by atoms with Crippen LogP contribution in [0.4, 0.5) is 10.1 Å². The molecule has 6 rings (SSSR count). The van der Waals surface area contributed by atoms with E-state index in [0.717, 1.165) is 5.69 Å². The molecule has 2 aromatic rings. The number of amides is 1. The van der Waals surface area contributed by atoms with E-state index in [0.29, 0.717) is 55.7 Å². The zero-order valence-electron chi connectivity index (χ0n) is 20.8. The van der Waals surface area contributed by atoms with Crippen molar-refractivity contribution in [1.29, 1.82) is 0 Å². The van der Waals surface area contributed by atoms with Crippen molar-refractivity contribution in [3.63, 3.8) is 0 Å². The number of nitrogens with one attached hydrogen (secondary N) is 1. The number of hydrogen-bond donors (Lipinski definition) is 2. The zero-order chi connectivity index (χ0) is 25.5. The van der Waals surface area contributed by atoms with Crippen LogP contribution in [0.5, 0.6) is 11.5 Å². The smallest absolute Gasteiger partial charge is 0.263 e. The van der Waals surface area contributed by atoms with Crippen LogP contribution < -0.4 is 19.7 Å². The minimum Gasteiger partial charge on any atom is -0.486 e. The number of anilines is 1. The first kappa shape index (κ1) is 24.6. The second kappa shape index (κ2) is 9.39. The molecule has 2 aromatic carbocycles. The molecule has 2 N–H and O–H groups in total. The average Bonchev–Trinajstić information content (AvgIpc) is 2.86. The maximum absolute atomic E-state index is 13.7. The molecule has 3 saturated carbocycles. The summed E-state index contributed by atoms with van der Waals surface area (Å²) < 4.78 is 25.2. The first-order valence-electron chi connectivity index (χ1n) is 12.6. The van der Waals surface area contributed by atoms with E-state index in [1.54, 1.807) is 19.1 Å². The van der Waals surface area contributed by atoms with E-state index >= 15 is 0 Å². The van der Waals surface area contributed by atoms with Crippen LogP contribution in [-0.2, 0) is 9.59 Å². The lowest BCUT2D eigenvalue weighted by Gasteiger charge is -2.56. The number of para-hydroxylation sites is 2. The number of carbonyl (C=O) groups is 2. The van der Waals surface area contributed by atoms with Crippen molar-refractivity contribution in [2.45, 2.75) is 63.2 Å². The third-order valence-electron chi connectivity index (χ3n) is 8.25. The van der Waals surface area contributed by atoms with Gasteiger partial charge in [-0.2, -0.15) is 0 Å². The van der Waals surface area contributed by atoms with Gasteiger partial charge in [0.2, 0.25) is 0 Å². The van der Waals surface area contributed by atoms with E-state index in [1.807, 2.05) is 36.2 Å². The average molecular weight is 497 g/mol. The number of fused-ring (bicyclic) bond motifs is 4. The molecule has 1 heterocycles. The highest BCUT2D eigenvalue weighted by molar-refractivity contribution is 5.84. The number of aryl methyl sites for hydroxylation is 1. The number of ketones is 1. The fourth-order valence-electron chi connectivity index (χ4n) is 5.98. The highest BCUT2D eigenvalue weighted by Crippen LogP contribution is 2.54. The lowest BCUT2D eigenvalue weighted by Crippen LogP contribution is -2.64. The third kappa shape index (κ3) is 4.66. The standard InChI is InChI=1S/C28H33FN2O5/c1-18-7-8-20(13-21(18)29)35-17-19(32)14-27-9-11-28(12-10-27,15-25(27)33)30-26(34)24-16-31(2)22-5-3-4-6-23(22)36-24/h3-8,13,24-25,33H,9-12,14-17H2,1-2H3,(H,30,34)/t24?,25-,27?,28?/m0/s1. The molecule has 3 fully saturated rings. The van der Waals surface area contributed by atoms with Crippen molar-refractivity contribution in [3.8, 4) is 11.5 Å². The first-order chi connectivity index (χ1) is 17.2. The number of aliphatic hydroxyl groups excluding tert-OH is 1. The summed E-state index contributed by atoms with van der Waals surface area (Å²) in [6.45, 7) is 1.96. The number of benzene rings is 2. The summed E-state index contributed by atoms with van der Waals surface area (Å²) in [6.07, 6.45) is 1.99. The highest BCUT2D eigenvalue weighted by atomic mass is 19.1. The number of aliphatic hydroxyl groups is 1. The van der Waals surface area contributed by atoms with Crippen LogP contribution in [-0.4, -0.2) is 54.7 Å². The summed E-state index contributed by atoms with van der Waals surface area (Å²) in [7, 11) is 1.94. The molecule has 2 atom stereocenters. The van der Waals surface area contributed by atoms with Crippen LogP contribution >= 0.6 is 0 Å². The molecular weight excluding hydrogens is 463 g/mol. The number of halogens is 1. The Bertz CT molecular complexity index is 1160. The minimum absolute atomic E-state index is 0.120. The summed E-state index contributed by atoms with van der Waals surface area (Å²) in [4.78, 5) is 27.9. The molecule has 8 heteroatoms. The Morgan fingerprint density at radius 2 is 1.94 bits per heavy atom. The summed E-state index contributed by atoms with van der Waals surface area (Å²) in [5.74, 6) is 0.334. The SMILES string of the molecule is Cc1ccc(OCC(=O)CC23CCC(NC(=O)C4CN(C)c5ccccc5O4)(CC2)C[C@@H]3O)cc1F. The van der Waals surface area contributed by atoms with Gasteiger partial charge in [-0.05, 0) is 62.8 Å². The zero-order valence-corrected chi connectivity index (χ0v) is 20.8. The Labute approximate surface area is 210 Å². The molecule has 2 bridgehead atoms. The van der Waals surface area contributed by atoms with Crippen molar-refractivity contribution in [3.05, 3.63) is 53.8 Å². The molecule has 36 heavy (non-hydrogen) atoms. The molecule has 7 nitrogen and oxygen atoms in total. The highest BCUT2D eigenvalue weighted by Gasteiger charge is 2.55. The number of carbonyl (C=O) groups excluding carboxylic acids is 2. The maximum Gasteiger partial charge on any atom is 0.263 e. The van der Waals surface area contributed by atoms with E-state index < -0.39 is 23.2 Å². The predicted molar refractivity (Wildman–Crippen MR) is 133 cm³/mol. The summed E-state index contributed by atoms with van der Waals surface area (Å²) in [5.41, 5.74) is 0.473. The van der Waals surface area contributed by atoms with Gasteiger partial charge in [-0.3, -0.25) is 9.59 Å². The number of Topliss-reactive ketones (excluding diaryl/α,β-unsaturated/α-hetero) is 1. The maximum atomic E-state index is 13.7. The van der Waals surface area contributed by atoms with Gasteiger partial charge in [-0.25, -0.2) is 4.39 Å². The Morgan fingerprint density at radius 1 is 1.19 bits per heavy atom. The van der Waals surface area contributed by atoms with Gasteiger partial charge in [0.05, 0.1) is 18.3 Å². The Hall–Kier alpha value is -3.13. The predicted octanol–water partition coefficient (Wildman–Crippen LogP) is 3.55. The molecule has 0 saturated heterocycles. The Morgan fingerprint density at radius 3 is 2.67 bits per heavy atom. The lowest BCUT2D eigenvalue weighted by molar-refractivity contribution is -0.144. The molecule has 0 radical (unpaired) electrons. The molecule has 192 valence electrons. The fraction of sp³-hybridized carbons (Fsp3) is 0.500. The topological polar surface area (TPSA) is 88.1 Å². The van der Waals surface area contributed by atoms with Crippen molar-refractivity contribution in [2.24, 2.45) is 5.41 Å². The van der Waals surface area contributed by atoms with Crippen molar-refractivity contribution in [2.75, 3.05) is 25.1 Å². The fourth-order valence-corrected chi connectivity index (χ4v) is 5.98. The van der Waals surface area contributed by atoms with Gasteiger partial charge in [0.25, 0.3) is 5.91 Å². The molecule has 0 spiro atoms. The third-order valence-corrected chi connectivity index (χ3v) is 8.25. The second-order valence-electron chi connectivity index (χ2n) is 10.7. The van der Waals surface area contributed by atoms with Crippen LogP contribution in [0, 0.1) is 18.2 Å². The van der Waals surface area contributed by atoms with Crippen LogP contribution in [0.25, 0.3) is 0 Å². The van der Waals surface area contributed by atoms with Crippen LogP contribution in [0.2, 0.25) is 0 Å². The first-order valence-corrected chi connectivity index (χ1v) is 12.6. The number of ether oxygens (including phenoxy) is 2. The van der Waals surface area contributed by atoms with Gasteiger partial charge >= 0.3 is 0 Å². The van der Waals surface area contributed by atoms with Gasteiger partial charge in [0.15, 0.2) is 11.9 Å². The van der Waals surface area contributed by atoms with E-state index in [-0.39, 0.29) is 30.5 Å². The molecule has 1 unspecified atom stereocenters. The van der Waals surface area contributed by atoms with Crippen molar-refractivity contribution in [1.82, 2.24) is 5.32 Å². The van der Waals surface area contributed by atoms with Crippen molar-refractivity contribution < 1.29 is 28.6 Å². The lowest BCUT2D eigenvalue weighted by atomic mass is 9.54. The van der Waals surface area contributed by atoms with Crippen LogP contribution in [0.1, 0.15) is 44.1 Å². The Kier molecular flexibility index (Phi) is 6.41. The molecular formula is C28H33FN2O5. The van der Waals surface area contributed by atoms with Crippen LogP contribution in [0.15, 0.2) is 42.5 Å². The van der Waals surface area contributed by atoms with Gasteiger partial charge in [-0.1, -0.05) is 18.2 Å². The number of hydrogen-bond acceptors (Lipinski definition) is 6. The summed E-state index contributed by atoms with van der Waals surface area (Å²) >= 11 is 0. The number of nitrogens with zero attached hydrogens (tertiary/aromatic N) is 1. The van der Waals surface area contributed by atoms with Gasteiger partial charge < -0.3 is 24.8 Å². The molecule has 3 aliphatic carbocycles. The van der Waals surface area contributed by atoms with Gasteiger partial charge in [0.1, 0.15) is 23.9 Å². The quantitative estimate of drug-likeness (QED) is 0.610.